The van der Waals surface area contributed by atoms with Gasteiger partial charge in [-0.2, -0.15) is 0 Å². The van der Waals surface area contributed by atoms with Gasteiger partial charge in [-0.05, 0) is 49.8 Å². The third-order valence-corrected chi connectivity index (χ3v) is 3.18. The first-order valence-corrected chi connectivity index (χ1v) is 7.87. The molecule has 2 aromatic rings. The highest BCUT2D eigenvalue weighted by Crippen LogP contribution is 2.29. The number of hydrogen-bond acceptors (Lipinski definition) is 3. The monoisotopic (exact) mass is 347 g/mol. The van der Waals surface area contributed by atoms with Crippen LogP contribution >= 0.6 is 0 Å². The summed E-state index contributed by atoms with van der Waals surface area (Å²) in [5.41, 5.74) is 0.638. The molecule has 0 aromatic heterocycles. The summed E-state index contributed by atoms with van der Waals surface area (Å²) in [5.74, 6) is -0.862. The van der Waals surface area contributed by atoms with Gasteiger partial charge in [-0.3, -0.25) is 4.79 Å². The van der Waals surface area contributed by atoms with Crippen LogP contribution in [0.4, 0.5) is 14.5 Å². The van der Waals surface area contributed by atoms with Crippen molar-refractivity contribution in [3.63, 3.8) is 0 Å². The SMILES string of the molecule is CCOc1ccc(/C=C/C(=O)Nc2ccc(F)cc2F)cc1OCC. The van der Waals surface area contributed by atoms with Crippen molar-refractivity contribution in [3.8, 4) is 11.5 Å². The minimum atomic E-state index is -0.832. The molecule has 4 nitrogen and oxygen atoms in total. The van der Waals surface area contributed by atoms with Gasteiger partial charge in [0, 0.05) is 12.1 Å². The number of carbonyl (C=O) groups excluding carboxylic acids is 1. The molecule has 0 radical (unpaired) electrons. The van der Waals surface area contributed by atoms with Crippen LogP contribution in [-0.4, -0.2) is 19.1 Å². The van der Waals surface area contributed by atoms with Crippen LogP contribution in [0.1, 0.15) is 19.4 Å². The smallest absolute Gasteiger partial charge is 0.248 e. The summed E-state index contributed by atoms with van der Waals surface area (Å²) in [6, 6.07) is 8.22. The first-order valence-electron chi connectivity index (χ1n) is 7.87. The lowest BCUT2D eigenvalue weighted by molar-refractivity contribution is -0.111. The van der Waals surface area contributed by atoms with Crippen LogP contribution in [0.25, 0.3) is 6.08 Å². The minimum absolute atomic E-state index is 0.0854. The van der Waals surface area contributed by atoms with Crippen molar-refractivity contribution in [2.75, 3.05) is 18.5 Å². The lowest BCUT2D eigenvalue weighted by Crippen LogP contribution is -2.09. The Labute approximate surface area is 145 Å². The largest absolute Gasteiger partial charge is 0.490 e. The third-order valence-electron chi connectivity index (χ3n) is 3.18. The molecule has 2 aromatic carbocycles. The number of hydrogen-bond donors (Lipinski definition) is 1. The van der Waals surface area contributed by atoms with Crippen molar-refractivity contribution in [2.45, 2.75) is 13.8 Å². The van der Waals surface area contributed by atoms with Crippen molar-refractivity contribution in [1.82, 2.24) is 0 Å². The number of anilines is 1. The van der Waals surface area contributed by atoms with Crippen LogP contribution in [0, 0.1) is 11.6 Å². The molecule has 132 valence electrons. The molecule has 0 spiro atoms. The van der Waals surface area contributed by atoms with Gasteiger partial charge in [-0.1, -0.05) is 6.07 Å². The van der Waals surface area contributed by atoms with Crippen molar-refractivity contribution in [3.05, 3.63) is 59.7 Å². The van der Waals surface area contributed by atoms with E-state index in [1.807, 2.05) is 13.8 Å². The van der Waals surface area contributed by atoms with Crippen LogP contribution in [0.2, 0.25) is 0 Å². The van der Waals surface area contributed by atoms with Gasteiger partial charge in [-0.15, -0.1) is 0 Å². The van der Waals surface area contributed by atoms with Gasteiger partial charge in [-0.25, -0.2) is 8.78 Å². The average molecular weight is 347 g/mol. The zero-order chi connectivity index (χ0) is 18.2. The number of halogens is 2. The number of carbonyl (C=O) groups is 1. The Bertz CT molecular complexity index is 775. The second-order valence-electron chi connectivity index (χ2n) is 5.02. The topological polar surface area (TPSA) is 47.6 Å². The molecule has 0 unspecified atom stereocenters. The average Bonchev–Trinajstić information content (AvgIpc) is 2.58. The van der Waals surface area contributed by atoms with Crippen molar-refractivity contribution in [2.24, 2.45) is 0 Å². The summed E-state index contributed by atoms with van der Waals surface area (Å²) in [5, 5.41) is 2.36. The Kier molecular flexibility index (Phi) is 6.51. The summed E-state index contributed by atoms with van der Waals surface area (Å²) in [6.07, 6.45) is 2.82. The molecule has 0 aliphatic heterocycles. The van der Waals surface area contributed by atoms with Gasteiger partial charge in [0.1, 0.15) is 11.6 Å². The minimum Gasteiger partial charge on any atom is -0.490 e. The standard InChI is InChI=1S/C19H19F2NO3/c1-3-24-17-9-5-13(11-18(17)25-4-2)6-10-19(23)22-16-8-7-14(20)12-15(16)21/h5-12H,3-4H2,1-2H3,(H,22,23)/b10-6+. The molecule has 0 aliphatic carbocycles. The quantitative estimate of drug-likeness (QED) is 0.755. The summed E-state index contributed by atoms with van der Waals surface area (Å²) in [7, 11) is 0. The van der Waals surface area contributed by atoms with Gasteiger partial charge in [0.2, 0.25) is 5.91 Å². The van der Waals surface area contributed by atoms with E-state index in [0.717, 1.165) is 11.6 Å². The molecule has 25 heavy (non-hydrogen) atoms. The number of ether oxygens (including phenoxy) is 2. The van der Waals surface area contributed by atoms with E-state index in [9.17, 15) is 13.6 Å². The fourth-order valence-electron chi connectivity index (χ4n) is 2.11. The maximum absolute atomic E-state index is 13.5. The van der Waals surface area contributed by atoms with E-state index >= 15 is 0 Å². The Morgan fingerprint density at radius 1 is 1.04 bits per heavy atom. The molecule has 0 saturated carbocycles. The summed E-state index contributed by atoms with van der Waals surface area (Å²) < 4.78 is 37.4. The van der Waals surface area contributed by atoms with Crippen molar-refractivity contribution in [1.29, 1.82) is 0 Å². The number of nitrogens with one attached hydrogen (secondary N) is 1. The second kappa shape index (κ2) is 8.82. The third kappa shape index (κ3) is 5.31. The van der Waals surface area contributed by atoms with Gasteiger partial charge in [0.25, 0.3) is 0 Å². The number of amides is 1. The molecule has 0 heterocycles. The maximum Gasteiger partial charge on any atom is 0.248 e. The molecule has 0 atom stereocenters. The van der Waals surface area contributed by atoms with Gasteiger partial charge in [0.15, 0.2) is 11.5 Å². The predicted octanol–water partition coefficient (Wildman–Crippen LogP) is 4.41. The number of rotatable bonds is 7. The molecule has 1 N–H and O–H groups in total. The van der Waals surface area contributed by atoms with Gasteiger partial charge >= 0.3 is 0 Å². The predicted molar refractivity (Wildman–Crippen MR) is 92.8 cm³/mol. The van der Waals surface area contributed by atoms with Crippen LogP contribution < -0.4 is 14.8 Å². The lowest BCUT2D eigenvalue weighted by Gasteiger charge is -2.11. The molecular formula is C19H19F2NO3. The highest BCUT2D eigenvalue weighted by Gasteiger charge is 2.07. The zero-order valence-corrected chi connectivity index (χ0v) is 14.0. The van der Waals surface area contributed by atoms with Gasteiger partial charge < -0.3 is 14.8 Å². The molecule has 1 amide bonds. The lowest BCUT2D eigenvalue weighted by atomic mass is 10.2. The Hall–Kier alpha value is -2.89. The number of benzene rings is 2. The van der Waals surface area contributed by atoms with E-state index in [4.69, 9.17) is 9.47 Å². The van der Waals surface area contributed by atoms with Crippen LogP contribution in [0.15, 0.2) is 42.5 Å². The van der Waals surface area contributed by atoms with Crippen LogP contribution in [0.5, 0.6) is 11.5 Å². The first-order chi connectivity index (χ1) is 12.0. The molecule has 0 fully saturated rings. The Balaban J connectivity index is 2.09. The second-order valence-corrected chi connectivity index (χ2v) is 5.02. The Morgan fingerprint density at radius 2 is 1.76 bits per heavy atom. The fourth-order valence-corrected chi connectivity index (χ4v) is 2.11. The van der Waals surface area contributed by atoms with E-state index < -0.39 is 17.5 Å². The molecular weight excluding hydrogens is 328 g/mol. The highest BCUT2D eigenvalue weighted by molar-refractivity contribution is 6.02. The van der Waals surface area contributed by atoms with Crippen molar-refractivity contribution < 1.29 is 23.0 Å². The van der Waals surface area contributed by atoms with Crippen LogP contribution in [-0.2, 0) is 4.79 Å². The molecule has 6 heteroatoms. The van der Waals surface area contributed by atoms with Gasteiger partial charge in [0.05, 0.1) is 18.9 Å². The van der Waals surface area contributed by atoms with E-state index in [1.165, 1.54) is 12.1 Å². The molecule has 0 saturated heterocycles. The van der Waals surface area contributed by atoms with Crippen LogP contribution in [0.3, 0.4) is 0 Å². The summed E-state index contributed by atoms with van der Waals surface area (Å²) in [6.45, 7) is 4.74. The molecule has 0 aliphatic rings. The summed E-state index contributed by atoms with van der Waals surface area (Å²) >= 11 is 0. The molecule has 2 rings (SSSR count). The summed E-state index contributed by atoms with van der Waals surface area (Å²) in [4.78, 5) is 11.9. The molecule has 0 bridgehead atoms. The van der Waals surface area contributed by atoms with Crippen molar-refractivity contribution >= 4 is 17.7 Å². The van der Waals surface area contributed by atoms with E-state index in [1.54, 1.807) is 24.3 Å². The normalized spacial score (nSPS) is 10.7. The highest BCUT2D eigenvalue weighted by atomic mass is 19.1. The van der Waals surface area contributed by atoms with E-state index in [0.29, 0.717) is 30.8 Å². The first kappa shape index (κ1) is 18.4. The Morgan fingerprint density at radius 3 is 2.44 bits per heavy atom. The van der Waals surface area contributed by atoms with E-state index in [2.05, 4.69) is 5.32 Å². The fraction of sp³-hybridized carbons (Fsp3) is 0.211. The maximum atomic E-state index is 13.5. The van der Waals surface area contributed by atoms with E-state index in [-0.39, 0.29) is 5.69 Å². The zero-order valence-electron chi connectivity index (χ0n) is 14.0.